The number of amides is 4. The minimum absolute atomic E-state index is 0.360. The van der Waals surface area contributed by atoms with Gasteiger partial charge in [-0.3, -0.25) is 19.4 Å². The van der Waals surface area contributed by atoms with Gasteiger partial charge in [0.2, 0.25) is 5.91 Å². The summed E-state index contributed by atoms with van der Waals surface area (Å²) in [6.07, 6.45) is 0. The van der Waals surface area contributed by atoms with Crippen molar-refractivity contribution in [3.8, 4) is 5.75 Å². The lowest BCUT2D eigenvalue weighted by Crippen LogP contribution is -2.39. The number of urea groups is 1. The zero-order chi connectivity index (χ0) is 20.4. The first-order chi connectivity index (χ1) is 13.3. The predicted molar refractivity (Wildman–Crippen MR) is 107 cm³/mol. The third kappa shape index (κ3) is 3.69. The van der Waals surface area contributed by atoms with Crippen LogP contribution in [0.5, 0.6) is 5.75 Å². The van der Waals surface area contributed by atoms with Crippen molar-refractivity contribution in [3.05, 3.63) is 53.6 Å². The molecular weight excluding hydrogens is 358 g/mol. The van der Waals surface area contributed by atoms with Gasteiger partial charge in [-0.25, -0.2) is 4.79 Å². The van der Waals surface area contributed by atoms with Gasteiger partial charge in [0.25, 0.3) is 5.91 Å². The Morgan fingerprint density at radius 2 is 1.71 bits per heavy atom. The summed E-state index contributed by atoms with van der Waals surface area (Å²) in [6, 6.07) is 11.5. The molecule has 7 heteroatoms. The number of ether oxygens (including phenoxy) is 1. The van der Waals surface area contributed by atoms with E-state index in [-0.39, 0.29) is 6.54 Å². The van der Waals surface area contributed by atoms with Crippen LogP contribution in [0.1, 0.15) is 18.1 Å². The molecule has 0 aliphatic carbocycles. The summed E-state index contributed by atoms with van der Waals surface area (Å²) in [5.74, 6) is -0.367. The molecule has 2 aromatic rings. The van der Waals surface area contributed by atoms with Crippen LogP contribution in [0.2, 0.25) is 0 Å². The van der Waals surface area contributed by atoms with Crippen LogP contribution in [-0.4, -0.2) is 42.4 Å². The summed E-state index contributed by atoms with van der Waals surface area (Å²) in [6.45, 7) is 5.13. The van der Waals surface area contributed by atoms with Gasteiger partial charge in [-0.1, -0.05) is 23.8 Å². The Morgan fingerprint density at radius 1 is 1.07 bits per heavy atom. The van der Waals surface area contributed by atoms with Crippen molar-refractivity contribution < 1.29 is 19.1 Å². The number of aryl methyl sites for hydroxylation is 2. The van der Waals surface area contributed by atoms with Gasteiger partial charge in [0.1, 0.15) is 18.3 Å². The number of rotatable bonds is 5. The molecule has 0 unspecified atom stereocenters. The molecule has 1 fully saturated rings. The molecule has 1 aliphatic rings. The van der Waals surface area contributed by atoms with E-state index in [4.69, 9.17) is 4.74 Å². The van der Waals surface area contributed by atoms with Gasteiger partial charge in [-0.2, -0.15) is 0 Å². The third-order valence-electron chi connectivity index (χ3n) is 4.69. The van der Waals surface area contributed by atoms with Gasteiger partial charge < -0.3 is 10.1 Å². The van der Waals surface area contributed by atoms with Crippen molar-refractivity contribution in [1.29, 1.82) is 0 Å². The lowest BCUT2D eigenvalue weighted by atomic mass is 10.2. The van der Waals surface area contributed by atoms with E-state index in [0.29, 0.717) is 17.1 Å². The first-order valence-electron chi connectivity index (χ1n) is 8.97. The van der Waals surface area contributed by atoms with Crippen LogP contribution < -0.4 is 15.0 Å². The highest BCUT2D eigenvalue weighted by molar-refractivity contribution is 6.16. The Kier molecular flexibility index (Phi) is 5.35. The minimum Gasteiger partial charge on any atom is -0.495 e. The summed E-state index contributed by atoms with van der Waals surface area (Å²) in [5.41, 5.74) is 3.12. The average Bonchev–Trinajstić information content (AvgIpc) is 2.86. The molecular formula is C21H23N3O4. The summed E-state index contributed by atoms with van der Waals surface area (Å²) in [5, 5.41) is 2.72. The molecule has 0 aromatic heterocycles. The highest BCUT2D eigenvalue weighted by Crippen LogP contribution is 2.27. The van der Waals surface area contributed by atoms with E-state index < -0.39 is 23.9 Å². The molecule has 7 nitrogen and oxygen atoms in total. The molecule has 1 aliphatic heterocycles. The number of nitrogens with one attached hydrogen (secondary N) is 1. The topological polar surface area (TPSA) is 79.0 Å². The molecule has 4 amide bonds. The lowest BCUT2D eigenvalue weighted by Gasteiger charge is -2.19. The molecule has 1 atom stereocenters. The number of imide groups is 1. The second kappa shape index (κ2) is 7.72. The monoisotopic (exact) mass is 381 g/mol. The van der Waals surface area contributed by atoms with E-state index >= 15 is 0 Å². The van der Waals surface area contributed by atoms with Crippen LogP contribution in [0.25, 0.3) is 0 Å². The number of carbonyl (C=O) groups excluding carboxylic acids is 3. The number of carbonyl (C=O) groups is 3. The highest BCUT2D eigenvalue weighted by atomic mass is 16.5. The molecule has 1 N–H and O–H groups in total. The van der Waals surface area contributed by atoms with Gasteiger partial charge >= 0.3 is 6.03 Å². The van der Waals surface area contributed by atoms with Crippen LogP contribution in [0.3, 0.4) is 0 Å². The molecule has 28 heavy (non-hydrogen) atoms. The van der Waals surface area contributed by atoms with E-state index in [1.165, 1.54) is 12.0 Å². The molecule has 0 saturated carbocycles. The summed E-state index contributed by atoms with van der Waals surface area (Å²) in [4.78, 5) is 40.3. The molecule has 0 bridgehead atoms. The number of benzene rings is 2. The van der Waals surface area contributed by atoms with E-state index in [1.807, 2.05) is 32.0 Å². The molecule has 2 aromatic carbocycles. The molecule has 1 saturated heterocycles. The van der Waals surface area contributed by atoms with E-state index in [9.17, 15) is 14.4 Å². The van der Waals surface area contributed by atoms with Crippen LogP contribution in [0.15, 0.2) is 42.5 Å². The zero-order valence-corrected chi connectivity index (χ0v) is 16.4. The fourth-order valence-electron chi connectivity index (χ4n) is 3.16. The van der Waals surface area contributed by atoms with Crippen molar-refractivity contribution in [2.45, 2.75) is 26.8 Å². The smallest absolute Gasteiger partial charge is 0.332 e. The predicted octanol–water partition coefficient (Wildman–Crippen LogP) is 3.11. The fraction of sp³-hybridized carbons (Fsp3) is 0.286. The first-order valence-corrected chi connectivity index (χ1v) is 8.97. The van der Waals surface area contributed by atoms with Gasteiger partial charge in [-0.15, -0.1) is 0 Å². The van der Waals surface area contributed by atoms with Crippen molar-refractivity contribution in [2.75, 3.05) is 23.9 Å². The number of hydrogen-bond donors (Lipinski definition) is 1. The maximum Gasteiger partial charge on any atom is 0.332 e. The molecule has 146 valence electrons. The third-order valence-corrected chi connectivity index (χ3v) is 4.69. The summed E-state index contributed by atoms with van der Waals surface area (Å²) in [7, 11) is 1.51. The Morgan fingerprint density at radius 3 is 2.36 bits per heavy atom. The standard InChI is InChI=1S/C21H23N3O4/c1-13-5-8-16(9-6-13)24-15(3)20(26)23(21(24)27)12-19(25)22-17-11-14(2)7-10-18(17)28-4/h5-11,15H,12H2,1-4H3,(H,22,25)/t15-/m1/s1. The molecule has 1 heterocycles. The van der Waals surface area contributed by atoms with Crippen LogP contribution in [0.4, 0.5) is 16.2 Å². The van der Waals surface area contributed by atoms with Crippen molar-refractivity contribution in [1.82, 2.24) is 4.90 Å². The van der Waals surface area contributed by atoms with Crippen LogP contribution in [0, 0.1) is 13.8 Å². The fourth-order valence-corrected chi connectivity index (χ4v) is 3.16. The summed E-state index contributed by atoms with van der Waals surface area (Å²) >= 11 is 0. The minimum atomic E-state index is -0.670. The maximum absolute atomic E-state index is 12.8. The van der Waals surface area contributed by atoms with Crippen molar-refractivity contribution in [2.24, 2.45) is 0 Å². The van der Waals surface area contributed by atoms with Crippen LogP contribution in [-0.2, 0) is 9.59 Å². The second-order valence-corrected chi connectivity index (χ2v) is 6.84. The normalized spacial score (nSPS) is 16.5. The quantitative estimate of drug-likeness (QED) is 0.807. The summed E-state index contributed by atoms with van der Waals surface area (Å²) < 4.78 is 5.24. The first kappa shape index (κ1) is 19.4. The van der Waals surface area contributed by atoms with Gasteiger partial charge in [-0.05, 0) is 50.6 Å². The largest absolute Gasteiger partial charge is 0.495 e. The number of anilines is 2. The Balaban J connectivity index is 1.76. The van der Waals surface area contributed by atoms with Gasteiger partial charge in [0.15, 0.2) is 0 Å². The van der Waals surface area contributed by atoms with Gasteiger partial charge in [0.05, 0.1) is 12.8 Å². The van der Waals surface area contributed by atoms with Crippen LogP contribution >= 0.6 is 0 Å². The Labute approximate surface area is 163 Å². The molecule has 3 rings (SSSR count). The molecule has 0 radical (unpaired) electrons. The second-order valence-electron chi connectivity index (χ2n) is 6.84. The zero-order valence-electron chi connectivity index (χ0n) is 16.4. The maximum atomic E-state index is 12.8. The number of nitrogens with zero attached hydrogens (tertiary/aromatic N) is 2. The Bertz CT molecular complexity index is 924. The number of hydrogen-bond acceptors (Lipinski definition) is 4. The van der Waals surface area contributed by atoms with Crippen molar-refractivity contribution >= 4 is 29.2 Å². The van der Waals surface area contributed by atoms with Crippen molar-refractivity contribution in [3.63, 3.8) is 0 Å². The van der Waals surface area contributed by atoms with E-state index in [1.54, 1.807) is 31.2 Å². The van der Waals surface area contributed by atoms with Gasteiger partial charge in [0, 0.05) is 5.69 Å². The lowest BCUT2D eigenvalue weighted by molar-refractivity contribution is -0.130. The molecule has 0 spiro atoms. The number of methoxy groups -OCH3 is 1. The Hall–Kier alpha value is -3.35. The van der Waals surface area contributed by atoms with E-state index in [0.717, 1.165) is 16.0 Å². The van der Waals surface area contributed by atoms with E-state index in [2.05, 4.69) is 5.32 Å². The average molecular weight is 381 g/mol. The highest BCUT2D eigenvalue weighted by Gasteiger charge is 2.44. The SMILES string of the molecule is COc1ccc(C)cc1NC(=O)CN1C(=O)[C@@H](C)N(c2ccc(C)cc2)C1=O.